The Balaban J connectivity index is 2.22. The van der Waals surface area contributed by atoms with Gasteiger partial charge < -0.3 is 5.32 Å². The van der Waals surface area contributed by atoms with Crippen molar-refractivity contribution in [3.8, 4) is 5.69 Å². The molecule has 0 unspecified atom stereocenters. The number of benzene rings is 1. The molecule has 0 aliphatic rings. The molecule has 0 radical (unpaired) electrons. The summed E-state index contributed by atoms with van der Waals surface area (Å²) in [5.41, 5.74) is 0.606. The molecule has 2 rings (SSSR count). The van der Waals surface area contributed by atoms with Crippen molar-refractivity contribution in [2.75, 3.05) is 6.54 Å². The van der Waals surface area contributed by atoms with Crippen LogP contribution in [0.4, 0.5) is 4.39 Å². The first kappa shape index (κ1) is 13.1. The van der Waals surface area contributed by atoms with E-state index in [4.69, 9.17) is 0 Å². The zero-order chi connectivity index (χ0) is 13.0. The normalized spacial score (nSPS) is 10.8. The predicted molar refractivity (Wildman–Crippen MR) is 68.8 cm³/mol. The number of nitrogens with one attached hydrogen (secondary N) is 1. The second-order valence-corrected chi connectivity index (χ2v) is 4.64. The molecule has 1 heterocycles. The number of hydrogen-bond donors (Lipinski definition) is 1. The van der Waals surface area contributed by atoms with E-state index in [2.05, 4.69) is 43.7 Å². The Morgan fingerprint density at radius 2 is 2.28 bits per heavy atom. The fourth-order valence-corrected chi connectivity index (χ4v) is 1.76. The van der Waals surface area contributed by atoms with Gasteiger partial charge in [0, 0.05) is 6.07 Å². The van der Waals surface area contributed by atoms with Crippen molar-refractivity contribution >= 4 is 15.9 Å². The Labute approximate surface area is 113 Å². The number of nitrogens with zero attached hydrogens (tertiary/aromatic N) is 4. The number of hydrogen-bond acceptors (Lipinski definition) is 4. The largest absolute Gasteiger partial charge is 0.310 e. The van der Waals surface area contributed by atoms with Crippen LogP contribution < -0.4 is 5.32 Å². The molecule has 0 atom stereocenters. The quantitative estimate of drug-likeness (QED) is 0.859. The van der Waals surface area contributed by atoms with Crippen LogP contribution >= 0.6 is 15.9 Å². The van der Waals surface area contributed by atoms with Crippen molar-refractivity contribution in [2.45, 2.75) is 19.9 Å². The third-order valence-electron chi connectivity index (χ3n) is 2.39. The van der Waals surface area contributed by atoms with Crippen LogP contribution in [0.1, 0.15) is 19.2 Å². The van der Waals surface area contributed by atoms with Crippen LogP contribution in [0.5, 0.6) is 0 Å². The molecule has 5 nitrogen and oxygen atoms in total. The number of tetrazole rings is 1. The number of rotatable bonds is 5. The van der Waals surface area contributed by atoms with E-state index in [1.807, 2.05) is 0 Å². The van der Waals surface area contributed by atoms with Gasteiger partial charge in [0.1, 0.15) is 5.82 Å². The van der Waals surface area contributed by atoms with Gasteiger partial charge in [0.2, 0.25) is 0 Å². The van der Waals surface area contributed by atoms with E-state index < -0.39 is 0 Å². The van der Waals surface area contributed by atoms with Crippen LogP contribution in [-0.4, -0.2) is 26.8 Å². The maximum absolute atomic E-state index is 13.5. The van der Waals surface area contributed by atoms with E-state index in [0.717, 1.165) is 13.0 Å². The molecular weight excluding hydrogens is 301 g/mol. The van der Waals surface area contributed by atoms with E-state index in [1.165, 1.54) is 10.7 Å². The lowest BCUT2D eigenvalue weighted by molar-refractivity contribution is 0.612. The van der Waals surface area contributed by atoms with Gasteiger partial charge in [-0.15, -0.1) is 5.10 Å². The molecule has 0 aliphatic carbocycles. The maximum atomic E-state index is 13.5. The summed E-state index contributed by atoms with van der Waals surface area (Å²) < 4.78 is 15.4. The minimum Gasteiger partial charge on any atom is -0.310 e. The van der Waals surface area contributed by atoms with E-state index >= 15 is 0 Å². The second kappa shape index (κ2) is 6.01. The number of aromatic nitrogens is 4. The Morgan fingerprint density at radius 1 is 1.44 bits per heavy atom. The molecule has 96 valence electrons. The fourth-order valence-electron chi connectivity index (χ4n) is 1.51. The second-order valence-electron chi connectivity index (χ2n) is 3.78. The monoisotopic (exact) mass is 313 g/mol. The van der Waals surface area contributed by atoms with Crippen molar-refractivity contribution < 1.29 is 4.39 Å². The van der Waals surface area contributed by atoms with Crippen molar-refractivity contribution in [3.63, 3.8) is 0 Å². The van der Waals surface area contributed by atoms with E-state index in [-0.39, 0.29) is 5.82 Å². The van der Waals surface area contributed by atoms with Gasteiger partial charge in [0.05, 0.1) is 16.7 Å². The summed E-state index contributed by atoms with van der Waals surface area (Å²) >= 11 is 3.11. The summed E-state index contributed by atoms with van der Waals surface area (Å²) in [5.74, 6) is 0.320. The molecule has 0 bridgehead atoms. The molecule has 1 aromatic carbocycles. The molecule has 1 aromatic heterocycles. The lowest BCUT2D eigenvalue weighted by Crippen LogP contribution is -2.17. The first-order valence-corrected chi connectivity index (χ1v) is 6.45. The highest BCUT2D eigenvalue weighted by Gasteiger charge is 2.09. The van der Waals surface area contributed by atoms with Gasteiger partial charge in [-0.1, -0.05) is 6.92 Å². The summed E-state index contributed by atoms with van der Waals surface area (Å²) in [6.45, 7) is 3.53. The average Bonchev–Trinajstić information content (AvgIpc) is 2.81. The molecule has 0 fully saturated rings. The van der Waals surface area contributed by atoms with Gasteiger partial charge in [0.15, 0.2) is 5.82 Å². The summed E-state index contributed by atoms with van der Waals surface area (Å²) in [7, 11) is 0. The van der Waals surface area contributed by atoms with Crippen molar-refractivity contribution in [1.29, 1.82) is 0 Å². The van der Waals surface area contributed by atoms with Crippen molar-refractivity contribution in [2.24, 2.45) is 0 Å². The molecule has 18 heavy (non-hydrogen) atoms. The standard InChI is InChI=1S/C11H13BrFN5/c1-2-5-14-7-11-15-16-17-18(11)8-3-4-9(12)10(13)6-8/h3-4,6,14H,2,5,7H2,1H3. The highest BCUT2D eigenvalue weighted by molar-refractivity contribution is 9.10. The summed E-state index contributed by atoms with van der Waals surface area (Å²) in [4.78, 5) is 0. The highest BCUT2D eigenvalue weighted by Crippen LogP contribution is 2.18. The summed E-state index contributed by atoms with van der Waals surface area (Å²) in [6, 6.07) is 4.78. The average molecular weight is 314 g/mol. The Kier molecular flexibility index (Phi) is 4.38. The molecule has 0 saturated carbocycles. The van der Waals surface area contributed by atoms with Crippen LogP contribution in [0.3, 0.4) is 0 Å². The Bertz CT molecular complexity index is 528. The SMILES string of the molecule is CCCNCc1nnnn1-c1ccc(Br)c(F)c1. The maximum Gasteiger partial charge on any atom is 0.170 e. The van der Waals surface area contributed by atoms with Crippen molar-refractivity contribution in [1.82, 2.24) is 25.5 Å². The van der Waals surface area contributed by atoms with Gasteiger partial charge in [-0.25, -0.2) is 4.39 Å². The Hall–Kier alpha value is -1.34. The highest BCUT2D eigenvalue weighted by atomic mass is 79.9. The fraction of sp³-hybridized carbons (Fsp3) is 0.364. The van der Waals surface area contributed by atoms with E-state index in [9.17, 15) is 4.39 Å². The van der Waals surface area contributed by atoms with Crippen LogP contribution in [-0.2, 0) is 6.54 Å². The Morgan fingerprint density at radius 3 is 3.00 bits per heavy atom. The molecule has 7 heteroatoms. The smallest absolute Gasteiger partial charge is 0.170 e. The van der Waals surface area contributed by atoms with Gasteiger partial charge in [-0.05, 0) is 51.5 Å². The van der Waals surface area contributed by atoms with E-state index in [0.29, 0.717) is 22.5 Å². The summed E-state index contributed by atoms with van der Waals surface area (Å²) in [5, 5.41) is 14.6. The van der Waals surface area contributed by atoms with Gasteiger partial charge in [-0.2, -0.15) is 4.68 Å². The molecule has 0 spiro atoms. The van der Waals surface area contributed by atoms with Gasteiger partial charge in [0.25, 0.3) is 0 Å². The first-order valence-electron chi connectivity index (χ1n) is 5.65. The molecule has 0 saturated heterocycles. The van der Waals surface area contributed by atoms with Crippen LogP contribution in [0.25, 0.3) is 5.69 Å². The minimum atomic E-state index is -0.338. The van der Waals surface area contributed by atoms with Gasteiger partial charge >= 0.3 is 0 Å². The molecule has 2 aromatic rings. The lowest BCUT2D eigenvalue weighted by atomic mass is 10.3. The minimum absolute atomic E-state index is 0.338. The molecule has 0 aliphatic heterocycles. The zero-order valence-corrected chi connectivity index (χ0v) is 11.5. The molecule has 1 N–H and O–H groups in total. The number of halogens is 2. The topological polar surface area (TPSA) is 55.6 Å². The third-order valence-corrected chi connectivity index (χ3v) is 3.03. The van der Waals surface area contributed by atoms with Crippen LogP contribution in [0, 0.1) is 5.82 Å². The molecular formula is C11H13BrFN5. The van der Waals surface area contributed by atoms with Crippen LogP contribution in [0.15, 0.2) is 22.7 Å². The summed E-state index contributed by atoms with van der Waals surface area (Å²) in [6.07, 6.45) is 1.04. The van der Waals surface area contributed by atoms with Crippen molar-refractivity contribution in [3.05, 3.63) is 34.3 Å². The molecule has 0 amide bonds. The van der Waals surface area contributed by atoms with Gasteiger partial charge in [-0.3, -0.25) is 0 Å². The lowest BCUT2D eigenvalue weighted by Gasteiger charge is -2.06. The predicted octanol–water partition coefficient (Wildman–Crippen LogP) is 2.06. The zero-order valence-electron chi connectivity index (χ0n) is 9.90. The van der Waals surface area contributed by atoms with E-state index in [1.54, 1.807) is 12.1 Å². The first-order chi connectivity index (χ1) is 8.72. The van der Waals surface area contributed by atoms with Crippen LogP contribution in [0.2, 0.25) is 0 Å². The third kappa shape index (κ3) is 2.91.